The quantitative estimate of drug-likeness (QED) is 0.896. The lowest BCUT2D eigenvalue weighted by molar-refractivity contribution is 0.0697. The van der Waals surface area contributed by atoms with Crippen molar-refractivity contribution in [3.63, 3.8) is 0 Å². The van der Waals surface area contributed by atoms with Gasteiger partial charge in [-0.3, -0.25) is 0 Å². The first-order valence-electron chi connectivity index (χ1n) is 6.23. The molecule has 0 saturated heterocycles. The second kappa shape index (κ2) is 5.67. The first kappa shape index (κ1) is 14.6. The maximum Gasteiger partial charge on any atom is 0.337 e. The molecule has 4 heteroatoms. The molecule has 0 atom stereocenters. The maximum atomic E-state index is 11.4. The highest BCUT2D eigenvalue weighted by Crippen LogP contribution is 2.31. The van der Waals surface area contributed by atoms with Gasteiger partial charge >= 0.3 is 5.97 Å². The molecule has 20 heavy (non-hydrogen) atoms. The smallest absolute Gasteiger partial charge is 0.337 e. The lowest BCUT2D eigenvalue weighted by Gasteiger charge is -2.22. The van der Waals surface area contributed by atoms with E-state index < -0.39 is 5.97 Å². The minimum absolute atomic E-state index is 0.287. The number of aromatic carboxylic acids is 1. The summed E-state index contributed by atoms with van der Waals surface area (Å²) in [6.07, 6.45) is 0. The molecule has 0 spiro atoms. The Balaban J connectivity index is 2.54. The van der Waals surface area contributed by atoms with Gasteiger partial charge < -0.3 is 10.0 Å². The molecular weight excluding hydrogens is 318 g/mol. The van der Waals surface area contributed by atoms with Crippen LogP contribution < -0.4 is 4.90 Å². The van der Waals surface area contributed by atoms with Gasteiger partial charge in [-0.05, 0) is 55.3 Å². The number of anilines is 2. The highest BCUT2D eigenvalue weighted by molar-refractivity contribution is 9.10. The molecule has 104 valence electrons. The number of halogens is 1. The third kappa shape index (κ3) is 3.02. The van der Waals surface area contributed by atoms with E-state index in [1.807, 2.05) is 44.0 Å². The number of benzene rings is 2. The Hall–Kier alpha value is -1.81. The van der Waals surface area contributed by atoms with Crippen LogP contribution in [-0.4, -0.2) is 18.1 Å². The number of carboxylic acids is 1. The number of carboxylic acid groups (broad SMARTS) is 1. The van der Waals surface area contributed by atoms with E-state index in [2.05, 4.69) is 22.0 Å². The first-order chi connectivity index (χ1) is 9.38. The molecule has 1 N–H and O–H groups in total. The predicted molar refractivity (Wildman–Crippen MR) is 85.1 cm³/mol. The number of rotatable bonds is 3. The van der Waals surface area contributed by atoms with Crippen LogP contribution in [0.4, 0.5) is 11.4 Å². The number of carbonyl (C=O) groups is 1. The average Bonchev–Trinajstić information content (AvgIpc) is 2.36. The predicted octanol–water partition coefficient (Wildman–Crippen LogP) is 4.53. The van der Waals surface area contributed by atoms with E-state index in [9.17, 15) is 9.90 Å². The molecule has 0 aliphatic rings. The molecule has 2 aromatic rings. The molecule has 0 aromatic heterocycles. The molecule has 0 unspecified atom stereocenters. The third-order valence-corrected chi connectivity index (χ3v) is 3.64. The van der Waals surface area contributed by atoms with E-state index in [0.717, 1.165) is 21.3 Å². The average molecular weight is 334 g/mol. The van der Waals surface area contributed by atoms with E-state index in [1.54, 1.807) is 12.1 Å². The van der Waals surface area contributed by atoms with Crippen molar-refractivity contribution in [3.8, 4) is 0 Å². The Labute approximate surface area is 127 Å². The van der Waals surface area contributed by atoms with Gasteiger partial charge in [0.1, 0.15) is 0 Å². The Kier molecular flexibility index (Phi) is 4.14. The van der Waals surface area contributed by atoms with Crippen LogP contribution in [0.2, 0.25) is 0 Å². The molecule has 0 bridgehead atoms. The Morgan fingerprint density at radius 2 is 1.70 bits per heavy atom. The minimum Gasteiger partial charge on any atom is -0.478 e. The lowest BCUT2D eigenvalue weighted by atomic mass is 10.1. The molecule has 0 aliphatic carbocycles. The number of hydrogen-bond donors (Lipinski definition) is 1. The van der Waals surface area contributed by atoms with Crippen molar-refractivity contribution in [3.05, 3.63) is 57.6 Å². The summed E-state index contributed by atoms with van der Waals surface area (Å²) >= 11 is 3.40. The molecule has 0 saturated carbocycles. The van der Waals surface area contributed by atoms with Crippen LogP contribution in [0.3, 0.4) is 0 Å². The van der Waals surface area contributed by atoms with Crippen molar-refractivity contribution in [1.29, 1.82) is 0 Å². The van der Waals surface area contributed by atoms with Crippen LogP contribution in [0.5, 0.6) is 0 Å². The zero-order valence-electron chi connectivity index (χ0n) is 11.6. The SMILES string of the molecule is Cc1cc(C)cc(N(C)c2cc(Br)ccc2C(=O)O)c1. The fraction of sp³-hybridized carbons (Fsp3) is 0.188. The van der Waals surface area contributed by atoms with Crippen LogP contribution in [0.1, 0.15) is 21.5 Å². The van der Waals surface area contributed by atoms with Crippen LogP contribution in [0.15, 0.2) is 40.9 Å². The van der Waals surface area contributed by atoms with Crippen LogP contribution >= 0.6 is 15.9 Å². The van der Waals surface area contributed by atoms with Crippen LogP contribution in [0.25, 0.3) is 0 Å². The largest absolute Gasteiger partial charge is 0.478 e. The highest BCUT2D eigenvalue weighted by Gasteiger charge is 2.15. The molecule has 0 aliphatic heterocycles. The summed E-state index contributed by atoms with van der Waals surface area (Å²) in [5.41, 5.74) is 4.23. The fourth-order valence-corrected chi connectivity index (χ4v) is 2.60. The van der Waals surface area contributed by atoms with E-state index in [-0.39, 0.29) is 5.56 Å². The molecule has 0 fully saturated rings. The van der Waals surface area contributed by atoms with Gasteiger partial charge in [-0.15, -0.1) is 0 Å². The summed E-state index contributed by atoms with van der Waals surface area (Å²) in [6.45, 7) is 4.06. The Morgan fingerprint density at radius 3 is 2.25 bits per heavy atom. The van der Waals surface area contributed by atoms with Crippen molar-refractivity contribution in [2.45, 2.75) is 13.8 Å². The number of nitrogens with zero attached hydrogens (tertiary/aromatic N) is 1. The summed E-state index contributed by atoms with van der Waals surface area (Å²) in [5.74, 6) is -0.927. The van der Waals surface area contributed by atoms with Gasteiger partial charge in [-0.1, -0.05) is 22.0 Å². The molecule has 2 rings (SSSR count). The van der Waals surface area contributed by atoms with E-state index >= 15 is 0 Å². The second-order valence-corrected chi connectivity index (χ2v) is 5.79. The van der Waals surface area contributed by atoms with Gasteiger partial charge in [0.25, 0.3) is 0 Å². The van der Waals surface area contributed by atoms with Gasteiger partial charge in [0.05, 0.1) is 11.3 Å². The van der Waals surface area contributed by atoms with Gasteiger partial charge in [0, 0.05) is 17.2 Å². The summed E-state index contributed by atoms with van der Waals surface area (Å²) in [7, 11) is 1.88. The number of hydrogen-bond acceptors (Lipinski definition) is 2. The topological polar surface area (TPSA) is 40.5 Å². The molecule has 0 heterocycles. The van der Waals surface area contributed by atoms with Gasteiger partial charge in [-0.2, -0.15) is 0 Å². The Bertz CT molecular complexity index is 647. The van der Waals surface area contributed by atoms with Gasteiger partial charge in [-0.25, -0.2) is 4.79 Å². The minimum atomic E-state index is -0.927. The van der Waals surface area contributed by atoms with E-state index in [4.69, 9.17) is 0 Å². The molecule has 2 aromatic carbocycles. The van der Waals surface area contributed by atoms with Crippen LogP contribution in [0, 0.1) is 13.8 Å². The number of aryl methyl sites for hydroxylation is 2. The monoisotopic (exact) mass is 333 g/mol. The normalized spacial score (nSPS) is 10.4. The zero-order valence-corrected chi connectivity index (χ0v) is 13.2. The molecular formula is C16H16BrNO2. The van der Waals surface area contributed by atoms with Crippen molar-refractivity contribution in [2.24, 2.45) is 0 Å². The summed E-state index contributed by atoms with van der Waals surface area (Å²) in [4.78, 5) is 13.3. The van der Waals surface area contributed by atoms with Gasteiger partial charge in [0.15, 0.2) is 0 Å². The first-order valence-corrected chi connectivity index (χ1v) is 7.02. The van der Waals surface area contributed by atoms with Crippen molar-refractivity contribution in [1.82, 2.24) is 0 Å². The van der Waals surface area contributed by atoms with E-state index in [0.29, 0.717) is 5.69 Å². The lowest BCUT2D eigenvalue weighted by Crippen LogP contribution is -2.14. The molecule has 3 nitrogen and oxygen atoms in total. The molecule has 0 radical (unpaired) electrons. The van der Waals surface area contributed by atoms with Crippen molar-refractivity contribution < 1.29 is 9.90 Å². The molecule has 0 amide bonds. The zero-order chi connectivity index (χ0) is 14.9. The summed E-state index contributed by atoms with van der Waals surface area (Å²) in [5, 5.41) is 9.32. The Morgan fingerprint density at radius 1 is 1.10 bits per heavy atom. The fourth-order valence-electron chi connectivity index (χ4n) is 2.25. The van der Waals surface area contributed by atoms with Crippen molar-refractivity contribution in [2.75, 3.05) is 11.9 Å². The highest BCUT2D eigenvalue weighted by atomic mass is 79.9. The van der Waals surface area contributed by atoms with Crippen LogP contribution in [-0.2, 0) is 0 Å². The standard InChI is InChI=1S/C16H16BrNO2/c1-10-6-11(2)8-13(7-10)18(3)15-9-12(17)4-5-14(15)16(19)20/h4-9H,1-3H3,(H,19,20). The van der Waals surface area contributed by atoms with Crippen molar-refractivity contribution >= 4 is 33.3 Å². The van der Waals surface area contributed by atoms with E-state index in [1.165, 1.54) is 0 Å². The summed E-state index contributed by atoms with van der Waals surface area (Å²) < 4.78 is 0.855. The maximum absolute atomic E-state index is 11.4. The second-order valence-electron chi connectivity index (χ2n) is 4.87. The third-order valence-electron chi connectivity index (χ3n) is 3.15. The summed E-state index contributed by atoms with van der Waals surface area (Å²) in [6, 6.07) is 11.3. The van der Waals surface area contributed by atoms with Gasteiger partial charge in [0.2, 0.25) is 0 Å².